The molecule has 2 unspecified atom stereocenters. The van der Waals surface area contributed by atoms with Crippen LogP contribution in [0.4, 0.5) is 0 Å². The van der Waals surface area contributed by atoms with Gasteiger partial charge in [-0.15, -0.1) is 7.92 Å². The molecule has 0 aromatic rings. The van der Waals surface area contributed by atoms with Gasteiger partial charge in [-0.05, 0) is 50.1 Å². The Labute approximate surface area is 58.8 Å². The maximum absolute atomic E-state index is 2.62. The molecular formula is C8H14P. The lowest BCUT2D eigenvalue weighted by Gasteiger charge is -2.34. The summed E-state index contributed by atoms with van der Waals surface area (Å²) in [6.07, 6.45) is 11.8. The van der Waals surface area contributed by atoms with Gasteiger partial charge in [0.1, 0.15) is 0 Å². The maximum atomic E-state index is 2.62. The highest BCUT2D eigenvalue weighted by molar-refractivity contribution is 7.60. The summed E-state index contributed by atoms with van der Waals surface area (Å²) in [7, 11) is 0.453. The summed E-state index contributed by atoms with van der Waals surface area (Å²) in [5.41, 5.74) is 0. The number of fused-ring (bicyclic) bond motifs is 2. The van der Waals surface area contributed by atoms with Crippen molar-refractivity contribution in [2.75, 3.05) is 12.3 Å². The monoisotopic (exact) mass is 141 g/mol. The molecule has 1 radical (unpaired) electrons. The molecular weight excluding hydrogens is 127 g/mol. The van der Waals surface area contributed by atoms with Crippen molar-refractivity contribution in [1.29, 1.82) is 0 Å². The second-order valence-electron chi connectivity index (χ2n) is 3.26. The van der Waals surface area contributed by atoms with Crippen LogP contribution in [0.1, 0.15) is 25.7 Å². The minimum Gasteiger partial charge on any atom is -0.103 e. The minimum atomic E-state index is 0.453. The quantitative estimate of drug-likeness (QED) is 0.455. The van der Waals surface area contributed by atoms with Gasteiger partial charge in [-0.25, -0.2) is 0 Å². The Balaban J connectivity index is 1.96. The molecule has 0 nitrogen and oxygen atoms in total. The fourth-order valence-corrected chi connectivity index (χ4v) is 4.64. The summed E-state index contributed by atoms with van der Waals surface area (Å²) in [6.45, 7) is 0. The molecule has 2 aliphatic rings. The molecule has 2 atom stereocenters. The summed E-state index contributed by atoms with van der Waals surface area (Å²) >= 11 is 0. The minimum absolute atomic E-state index is 0.453. The first kappa shape index (κ1) is 6.16. The second-order valence-corrected chi connectivity index (χ2v) is 5.62. The Bertz CT molecular complexity index is 80.7. The van der Waals surface area contributed by atoms with Crippen LogP contribution >= 0.6 is 7.92 Å². The zero-order valence-electron chi connectivity index (χ0n) is 5.84. The van der Waals surface area contributed by atoms with Crippen LogP contribution in [0.15, 0.2) is 0 Å². The van der Waals surface area contributed by atoms with E-state index < -0.39 is 0 Å². The summed E-state index contributed by atoms with van der Waals surface area (Å²) in [5.74, 6) is 1.15. The fraction of sp³-hybridized carbons (Fsp3) is 0.875. The van der Waals surface area contributed by atoms with Crippen molar-refractivity contribution in [2.24, 2.45) is 5.92 Å². The van der Waals surface area contributed by atoms with Gasteiger partial charge in [0.15, 0.2) is 0 Å². The first-order valence-electron chi connectivity index (χ1n) is 4.02. The third-order valence-electron chi connectivity index (χ3n) is 2.51. The van der Waals surface area contributed by atoms with Gasteiger partial charge in [0.05, 0.1) is 0 Å². The molecule has 0 amide bonds. The van der Waals surface area contributed by atoms with Gasteiger partial charge < -0.3 is 0 Å². The van der Waals surface area contributed by atoms with E-state index in [0.717, 1.165) is 5.92 Å². The van der Waals surface area contributed by atoms with Gasteiger partial charge in [-0.1, -0.05) is 0 Å². The summed E-state index contributed by atoms with van der Waals surface area (Å²) in [5, 5.41) is 0. The Morgan fingerprint density at radius 1 is 1.33 bits per heavy atom. The van der Waals surface area contributed by atoms with Gasteiger partial charge in [-0.3, -0.25) is 0 Å². The zero-order valence-corrected chi connectivity index (χ0v) is 6.74. The largest absolute Gasteiger partial charge is 0.103 e. The van der Waals surface area contributed by atoms with Crippen LogP contribution in [-0.4, -0.2) is 12.3 Å². The zero-order chi connectivity index (χ0) is 6.10. The van der Waals surface area contributed by atoms with E-state index in [2.05, 4.69) is 6.16 Å². The average Bonchev–Trinajstić information content (AvgIpc) is 1.88. The molecule has 2 rings (SSSR count). The van der Waals surface area contributed by atoms with Crippen molar-refractivity contribution in [3.63, 3.8) is 0 Å². The molecule has 9 heavy (non-hydrogen) atoms. The molecule has 51 valence electrons. The molecule has 2 aliphatic heterocycles. The molecule has 0 N–H and O–H groups in total. The highest BCUT2D eigenvalue weighted by Crippen LogP contribution is 2.52. The molecule has 2 saturated heterocycles. The predicted molar refractivity (Wildman–Crippen MR) is 42.9 cm³/mol. The van der Waals surface area contributed by atoms with Crippen molar-refractivity contribution in [2.45, 2.75) is 25.7 Å². The lowest BCUT2D eigenvalue weighted by molar-refractivity contribution is 0.469. The van der Waals surface area contributed by atoms with Gasteiger partial charge in [-0.2, -0.15) is 0 Å². The third kappa shape index (κ3) is 1.29. The van der Waals surface area contributed by atoms with Gasteiger partial charge >= 0.3 is 0 Å². The van der Waals surface area contributed by atoms with Crippen molar-refractivity contribution in [1.82, 2.24) is 0 Å². The average molecular weight is 141 g/mol. The highest BCUT2D eigenvalue weighted by Gasteiger charge is 2.24. The molecule has 2 heterocycles. The molecule has 0 spiro atoms. The number of hydrogen-bond donors (Lipinski definition) is 0. The van der Waals surface area contributed by atoms with Crippen molar-refractivity contribution >= 4 is 7.92 Å². The molecule has 0 aromatic heterocycles. The highest BCUT2D eigenvalue weighted by atomic mass is 31.1. The van der Waals surface area contributed by atoms with Crippen LogP contribution in [-0.2, 0) is 0 Å². The molecule has 2 fully saturated rings. The van der Waals surface area contributed by atoms with Crippen LogP contribution in [0, 0.1) is 12.1 Å². The standard InChI is InChI=1S/C8H14P/c1-3-8-4-2-6-9(5-1)7-8/h5,8H,1-4,6-7H2. The molecule has 1 heteroatoms. The van der Waals surface area contributed by atoms with E-state index in [1.807, 2.05) is 0 Å². The lowest BCUT2D eigenvalue weighted by atomic mass is 10.00. The molecule has 2 bridgehead atoms. The Morgan fingerprint density at radius 2 is 2.33 bits per heavy atom. The Kier molecular flexibility index (Phi) is 1.77. The van der Waals surface area contributed by atoms with Gasteiger partial charge in [0.2, 0.25) is 0 Å². The SMILES string of the molecule is [CH]1CCC2CCCP1C2. The molecule has 0 aliphatic carbocycles. The second kappa shape index (κ2) is 2.58. The smallest absolute Gasteiger partial charge is 0.0141 e. The van der Waals surface area contributed by atoms with Crippen molar-refractivity contribution < 1.29 is 0 Å². The number of hydrogen-bond acceptors (Lipinski definition) is 0. The van der Waals surface area contributed by atoms with Crippen LogP contribution < -0.4 is 0 Å². The van der Waals surface area contributed by atoms with E-state index in [4.69, 9.17) is 0 Å². The number of rotatable bonds is 0. The van der Waals surface area contributed by atoms with E-state index >= 15 is 0 Å². The molecule has 0 aromatic carbocycles. The first-order chi connectivity index (χ1) is 4.45. The maximum Gasteiger partial charge on any atom is -0.0141 e. The Hall–Kier alpha value is 0.430. The summed E-state index contributed by atoms with van der Waals surface area (Å²) < 4.78 is 0. The van der Waals surface area contributed by atoms with E-state index in [1.165, 1.54) is 19.3 Å². The predicted octanol–water partition coefficient (Wildman–Crippen LogP) is 2.83. The van der Waals surface area contributed by atoms with E-state index in [9.17, 15) is 0 Å². The first-order valence-corrected chi connectivity index (χ1v) is 5.80. The topological polar surface area (TPSA) is 0 Å². The fourth-order valence-electron chi connectivity index (χ4n) is 1.99. The Morgan fingerprint density at radius 3 is 3.11 bits per heavy atom. The molecule has 0 saturated carbocycles. The third-order valence-corrected chi connectivity index (χ3v) is 5.16. The van der Waals surface area contributed by atoms with Gasteiger partial charge in [0, 0.05) is 0 Å². The van der Waals surface area contributed by atoms with Crippen LogP contribution in [0.5, 0.6) is 0 Å². The lowest BCUT2D eigenvalue weighted by Crippen LogP contribution is -2.17. The van der Waals surface area contributed by atoms with E-state index in [0.29, 0.717) is 7.92 Å². The van der Waals surface area contributed by atoms with Crippen molar-refractivity contribution in [3.8, 4) is 0 Å². The summed E-state index contributed by atoms with van der Waals surface area (Å²) in [6, 6.07) is 0. The van der Waals surface area contributed by atoms with Gasteiger partial charge in [0.25, 0.3) is 0 Å². The van der Waals surface area contributed by atoms with Crippen molar-refractivity contribution in [3.05, 3.63) is 6.16 Å². The van der Waals surface area contributed by atoms with E-state index in [1.54, 1.807) is 18.7 Å². The van der Waals surface area contributed by atoms with Crippen LogP contribution in [0.3, 0.4) is 0 Å². The van der Waals surface area contributed by atoms with E-state index in [-0.39, 0.29) is 0 Å². The summed E-state index contributed by atoms with van der Waals surface area (Å²) in [4.78, 5) is 0. The normalized spacial score (nSPS) is 42.7. The van der Waals surface area contributed by atoms with Crippen LogP contribution in [0.25, 0.3) is 0 Å². The van der Waals surface area contributed by atoms with Crippen LogP contribution in [0.2, 0.25) is 0 Å².